The Morgan fingerprint density at radius 1 is 1.25 bits per heavy atom. The van der Waals surface area contributed by atoms with Gasteiger partial charge in [0.25, 0.3) is 0 Å². The van der Waals surface area contributed by atoms with Crippen LogP contribution >= 0.6 is 0 Å². The van der Waals surface area contributed by atoms with Gasteiger partial charge < -0.3 is 14.8 Å². The van der Waals surface area contributed by atoms with Crippen LogP contribution in [0.15, 0.2) is 30.3 Å². The molecule has 0 aliphatic carbocycles. The van der Waals surface area contributed by atoms with Crippen LogP contribution in [0.2, 0.25) is 0 Å². The van der Waals surface area contributed by atoms with Gasteiger partial charge in [-0.15, -0.1) is 0 Å². The number of ether oxygens (including phenoxy) is 2. The summed E-state index contributed by atoms with van der Waals surface area (Å²) in [6, 6.07) is 9.32. The van der Waals surface area contributed by atoms with Crippen molar-refractivity contribution in [3.05, 3.63) is 30.3 Å². The largest absolute Gasteiger partial charge is 0.482 e. The van der Waals surface area contributed by atoms with Crippen molar-refractivity contribution in [2.45, 2.75) is 32.3 Å². The van der Waals surface area contributed by atoms with Crippen molar-refractivity contribution < 1.29 is 19.6 Å². The summed E-state index contributed by atoms with van der Waals surface area (Å²) in [5, 5.41) is 2.31. The SMILES string of the molecule is CC(C)(OC(=O)COc1ccccc1)C1CC[NH2+]CC1. The number of esters is 1. The van der Waals surface area contributed by atoms with E-state index in [2.05, 4.69) is 5.32 Å². The second-order valence-corrected chi connectivity index (χ2v) is 5.82. The lowest BCUT2D eigenvalue weighted by atomic mass is 9.83. The van der Waals surface area contributed by atoms with Gasteiger partial charge in [0.05, 0.1) is 13.1 Å². The van der Waals surface area contributed by atoms with E-state index in [1.54, 1.807) is 0 Å². The lowest BCUT2D eigenvalue weighted by Gasteiger charge is -2.35. The minimum absolute atomic E-state index is 0.0354. The number of carbonyl (C=O) groups excluding carboxylic acids is 1. The molecule has 1 aromatic carbocycles. The molecule has 0 unspecified atom stereocenters. The highest BCUT2D eigenvalue weighted by atomic mass is 16.6. The van der Waals surface area contributed by atoms with Crippen LogP contribution in [-0.4, -0.2) is 31.3 Å². The lowest BCUT2D eigenvalue weighted by molar-refractivity contribution is -0.665. The van der Waals surface area contributed by atoms with Gasteiger partial charge in [-0.1, -0.05) is 18.2 Å². The molecule has 4 heteroatoms. The zero-order valence-corrected chi connectivity index (χ0v) is 12.3. The Morgan fingerprint density at radius 2 is 1.90 bits per heavy atom. The van der Waals surface area contributed by atoms with Gasteiger partial charge in [0.1, 0.15) is 11.4 Å². The van der Waals surface area contributed by atoms with Crippen LogP contribution in [0.5, 0.6) is 5.75 Å². The predicted molar refractivity (Wildman–Crippen MR) is 76.5 cm³/mol. The molecule has 0 spiro atoms. The third kappa shape index (κ3) is 4.23. The van der Waals surface area contributed by atoms with Crippen LogP contribution in [0.1, 0.15) is 26.7 Å². The van der Waals surface area contributed by atoms with Crippen LogP contribution in [0.4, 0.5) is 0 Å². The fourth-order valence-electron chi connectivity index (χ4n) is 2.69. The molecule has 110 valence electrons. The predicted octanol–water partition coefficient (Wildman–Crippen LogP) is 1.36. The minimum atomic E-state index is -0.411. The van der Waals surface area contributed by atoms with E-state index in [0.717, 1.165) is 25.9 Å². The fraction of sp³-hybridized carbons (Fsp3) is 0.562. The highest BCUT2D eigenvalue weighted by molar-refractivity contribution is 5.71. The van der Waals surface area contributed by atoms with Crippen LogP contribution in [0.3, 0.4) is 0 Å². The number of benzene rings is 1. The average Bonchev–Trinajstić information content (AvgIpc) is 2.47. The van der Waals surface area contributed by atoms with Crippen LogP contribution < -0.4 is 10.1 Å². The third-order valence-corrected chi connectivity index (χ3v) is 3.90. The Morgan fingerprint density at radius 3 is 2.55 bits per heavy atom. The highest BCUT2D eigenvalue weighted by Gasteiger charge is 2.35. The van der Waals surface area contributed by atoms with Crippen LogP contribution in [-0.2, 0) is 9.53 Å². The quantitative estimate of drug-likeness (QED) is 0.827. The van der Waals surface area contributed by atoms with Crippen LogP contribution in [0, 0.1) is 5.92 Å². The molecule has 1 aliphatic rings. The molecule has 0 bridgehead atoms. The Balaban J connectivity index is 1.80. The average molecular weight is 278 g/mol. The molecule has 2 rings (SSSR count). The summed E-state index contributed by atoms with van der Waals surface area (Å²) in [5.74, 6) is 0.830. The number of hydrogen-bond donors (Lipinski definition) is 1. The molecule has 0 amide bonds. The molecule has 4 nitrogen and oxygen atoms in total. The Labute approximate surface area is 120 Å². The summed E-state index contributed by atoms with van der Waals surface area (Å²) in [5.41, 5.74) is -0.411. The van der Waals surface area contributed by atoms with E-state index in [-0.39, 0.29) is 12.6 Å². The normalized spacial score (nSPS) is 16.7. The first kappa shape index (κ1) is 14.9. The highest BCUT2D eigenvalue weighted by Crippen LogP contribution is 2.27. The summed E-state index contributed by atoms with van der Waals surface area (Å²) in [4.78, 5) is 11.9. The number of para-hydroxylation sites is 1. The van der Waals surface area contributed by atoms with Gasteiger partial charge in [-0.2, -0.15) is 0 Å². The van der Waals surface area contributed by atoms with Crippen molar-refractivity contribution in [3.63, 3.8) is 0 Å². The first-order chi connectivity index (χ1) is 9.58. The second-order valence-electron chi connectivity index (χ2n) is 5.82. The third-order valence-electron chi connectivity index (χ3n) is 3.90. The van der Waals surface area contributed by atoms with Gasteiger partial charge in [0.2, 0.25) is 0 Å². The molecule has 0 atom stereocenters. The van der Waals surface area contributed by atoms with Gasteiger partial charge in [0.15, 0.2) is 6.61 Å². The standard InChI is InChI=1S/C16H23NO3/c1-16(2,13-8-10-17-11-9-13)20-15(18)12-19-14-6-4-3-5-7-14/h3-7,13,17H,8-12H2,1-2H3/p+1. The molecule has 0 radical (unpaired) electrons. The smallest absolute Gasteiger partial charge is 0.344 e. The van der Waals surface area contributed by atoms with E-state index in [1.165, 1.54) is 0 Å². The van der Waals surface area contributed by atoms with Crippen molar-refractivity contribution in [1.82, 2.24) is 0 Å². The van der Waals surface area contributed by atoms with E-state index in [0.29, 0.717) is 11.7 Å². The molecule has 1 aliphatic heterocycles. The lowest BCUT2D eigenvalue weighted by Crippen LogP contribution is -2.86. The Kier molecular flexibility index (Phi) is 5.01. The van der Waals surface area contributed by atoms with E-state index in [9.17, 15) is 4.79 Å². The first-order valence-electron chi connectivity index (χ1n) is 7.29. The van der Waals surface area contributed by atoms with Gasteiger partial charge in [-0.3, -0.25) is 0 Å². The summed E-state index contributed by atoms with van der Waals surface area (Å²) in [7, 11) is 0. The molecule has 20 heavy (non-hydrogen) atoms. The van der Waals surface area contributed by atoms with Gasteiger partial charge in [-0.05, 0) is 26.0 Å². The molecule has 1 saturated heterocycles. The summed E-state index contributed by atoms with van der Waals surface area (Å²) >= 11 is 0. The monoisotopic (exact) mass is 278 g/mol. The summed E-state index contributed by atoms with van der Waals surface area (Å²) in [6.45, 7) is 6.21. The van der Waals surface area contributed by atoms with Crippen molar-refractivity contribution in [1.29, 1.82) is 0 Å². The molecule has 2 N–H and O–H groups in total. The van der Waals surface area contributed by atoms with E-state index in [1.807, 2.05) is 44.2 Å². The number of hydrogen-bond acceptors (Lipinski definition) is 3. The maximum absolute atomic E-state index is 11.9. The maximum Gasteiger partial charge on any atom is 0.344 e. The molecule has 1 fully saturated rings. The number of piperidine rings is 1. The first-order valence-corrected chi connectivity index (χ1v) is 7.29. The maximum atomic E-state index is 11.9. The molecular weight excluding hydrogens is 254 g/mol. The van der Waals surface area contributed by atoms with Gasteiger partial charge in [0, 0.05) is 18.8 Å². The topological polar surface area (TPSA) is 52.1 Å². The Hall–Kier alpha value is -1.55. The van der Waals surface area contributed by atoms with Crippen LogP contribution in [0.25, 0.3) is 0 Å². The summed E-state index contributed by atoms with van der Waals surface area (Å²) in [6.07, 6.45) is 2.19. The Bertz CT molecular complexity index is 425. The molecule has 1 aromatic rings. The minimum Gasteiger partial charge on any atom is -0.482 e. The number of carbonyl (C=O) groups is 1. The molecular formula is C16H24NO3+. The van der Waals surface area contributed by atoms with E-state index in [4.69, 9.17) is 9.47 Å². The fourth-order valence-corrected chi connectivity index (χ4v) is 2.69. The van der Waals surface area contributed by atoms with E-state index >= 15 is 0 Å². The summed E-state index contributed by atoms with van der Waals surface area (Å²) < 4.78 is 11.0. The van der Waals surface area contributed by atoms with Crippen molar-refractivity contribution >= 4 is 5.97 Å². The number of quaternary nitrogens is 1. The van der Waals surface area contributed by atoms with E-state index < -0.39 is 5.60 Å². The zero-order valence-electron chi connectivity index (χ0n) is 12.3. The van der Waals surface area contributed by atoms with Gasteiger partial charge in [-0.25, -0.2) is 4.79 Å². The number of nitrogens with two attached hydrogens (primary N) is 1. The van der Waals surface area contributed by atoms with Gasteiger partial charge >= 0.3 is 5.97 Å². The number of rotatable bonds is 5. The molecule has 0 aromatic heterocycles. The van der Waals surface area contributed by atoms with Crippen molar-refractivity contribution in [2.24, 2.45) is 5.92 Å². The van der Waals surface area contributed by atoms with Crippen molar-refractivity contribution in [3.8, 4) is 5.75 Å². The molecule has 1 heterocycles. The second kappa shape index (κ2) is 6.75. The molecule has 0 saturated carbocycles. The van der Waals surface area contributed by atoms with Crippen molar-refractivity contribution in [2.75, 3.05) is 19.7 Å². The zero-order chi connectivity index (χ0) is 14.4.